The Morgan fingerprint density at radius 1 is 1.82 bits per heavy atom. The minimum atomic E-state index is 0.0759. The highest BCUT2D eigenvalue weighted by molar-refractivity contribution is 7.37. The van der Waals surface area contributed by atoms with Crippen LogP contribution >= 0.6 is 8.58 Å². The number of rotatable bonds is 5. The molecule has 0 saturated carbocycles. The lowest BCUT2D eigenvalue weighted by atomic mass is 10.2. The first-order valence-corrected chi connectivity index (χ1v) is 5.37. The van der Waals surface area contributed by atoms with Crippen molar-refractivity contribution in [2.45, 2.75) is 6.92 Å². The van der Waals surface area contributed by atoms with E-state index in [9.17, 15) is 0 Å². The predicted octanol–water partition coefficient (Wildman–Crippen LogP) is 1.56. The van der Waals surface area contributed by atoms with E-state index in [4.69, 9.17) is 5.26 Å². The Labute approximate surface area is 70.5 Å². The molecule has 2 nitrogen and oxygen atoms in total. The van der Waals surface area contributed by atoms with Gasteiger partial charge in [0.05, 0.1) is 12.0 Å². The number of allylic oxidation sites excluding steroid dienone is 1. The second-order valence-corrected chi connectivity index (χ2v) is 3.61. The molecule has 62 valence electrons. The third-order valence-corrected chi connectivity index (χ3v) is 2.05. The smallest absolute Gasteiger partial charge is 0.0671 e. The molecule has 0 aliphatic heterocycles. The van der Waals surface area contributed by atoms with Gasteiger partial charge in [-0.15, -0.1) is 8.58 Å². The molecule has 0 spiro atoms. The summed E-state index contributed by atoms with van der Waals surface area (Å²) < 4.78 is 0. The molecular formula is C8H15N2P. The Hall–Kier alpha value is -0.540. The molecule has 3 heteroatoms. The molecule has 0 aliphatic carbocycles. The second-order valence-electron chi connectivity index (χ2n) is 2.54. The Morgan fingerprint density at radius 3 is 2.91 bits per heavy atom. The molecule has 2 unspecified atom stereocenters. The van der Waals surface area contributed by atoms with E-state index in [1.165, 1.54) is 0 Å². The average molecular weight is 170 g/mol. The van der Waals surface area contributed by atoms with Crippen molar-refractivity contribution >= 4 is 8.58 Å². The fourth-order valence-electron chi connectivity index (χ4n) is 0.619. The van der Waals surface area contributed by atoms with Gasteiger partial charge in [0.1, 0.15) is 0 Å². The highest BCUT2D eigenvalue weighted by atomic mass is 31.1. The predicted molar refractivity (Wildman–Crippen MR) is 51.0 cm³/mol. The second kappa shape index (κ2) is 6.19. The van der Waals surface area contributed by atoms with Crippen molar-refractivity contribution < 1.29 is 0 Å². The first-order valence-electron chi connectivity index (χ1n) is 3.66. The van der Waals surface area contributed by atoms with Gasteiger partial charge in [-0.25, -0.2) is 0 Å². The van der Waals surface area contributed by atoms with Crippen molar-refractivity contribution in [1.29, 1.82) is 5.26 Å². The zero-order chi connectivity index (χ0) is 8.69. The summed E-state index contributed by atoms with van der Waals surface area (Å²) in [5.74, 6) is 0.0759. The summed E-state index contributed by atoms with van der Waals surface area (Å²) in [6.45, 7) is 8.60. The number of nitrogens with zero attached hydrogens (tertiary/aromatic N) is 1. The maximum Gasteiger partial charge on any atom is 0.0671 e. The summed E-state index contributed by atoms with van der Waals surface area (Å²) in [5, 5.41) is 11.6. The van der Waals surface area contributed by atoms with E-state index >= 15 is 0 Å². The molecule has 0 radical (unpaired) electrons. The van der Waals surface area contributed by atoms with Crippen LogP contribution in [0.15, 0.2) is 12.3 Å². The lowest BCUT2D eigenvalue weighted by Crippen LogP contribution is -2.19. The SMILES string of the molecule is C=C(CPC)NCC(C)C#N. The molecule has 11 heavy (non-hydrogen) atoms. The number of nitriles is 1. The largest absolute Gasteiger partial charge is 0.387 e. The van der Waals surface area contributed by atoms with Crippen LogP contribution in [-0.2, 0) is 0 Å². The topological polar surface area (TPSA) is 35.8 Å². The molecule has 0 aromatic carbocycles. The van der Waals surface area contributed by atoms with Crippen molar-refractivity contribution in [2.75, 3.05) is 19.4 Å². The van der Waals surface area contributed by atoms with Gasteiger partial charge in [-0.3, -0.25) is 0 Å². The number of nitrogens with one attached hydrogen (secondary N) is 1. The van der Waals surface area contributed by atoms with Crippen molar-refractivity contribution in [3.8, 4) is 6.07 Å². The van der Waals surface area contributed by atoms with Crippen molar-refractivity contribution in [2.24, 2.45) is 5.92 Å². The lowest BCUT2D eigenvalue weighted by Gasteiger charge is -2.08. The molecule has 2 atom stereocenters. The van der Waals surface area contributed by atoms with Crippen molar-refractivity contribution in [1.82, 2.24) is 5.32 Å². The summed E-state index contributed by atoms with van der Waals surface area (Å²) >= 11 is 0. The lowest BCUT2D eigenvalue weighted by molar-refractivity contribution is 0.664. The molecule has 0 saturated heterocycles. The van der Waals surface area contributed by atoms with E-state index in [-0.39, 0.29) is 5.92 Å². The molecule has 1 N–H and O–H groups in total. The van der Waals surface area contributed by atoms with Gasteiger partial charge < -0.3 is 5.32 Å². The molecule has 0 amide bonds. The fourth-order valence-corrected chi connectivity index (χ4v) is 1.17. The molecule has 0 aromatic heterocycles. The van der Waals surface area contributed by atoms with Crippen molar-refractivity contribution in [3.63, 3.8) is 0 Å². The minimum absolute atomic E-state index is 0.0759. The molecule has 0 bridgehead atoms. The van der Waals surface area contributed by atoms with Crippen LogP contribution in [-0.4, -0.2) is 19.4 Å². The van der Waals surface area contributed by atoms with Gasteiger partial charge in [-0.1, -0.05) is 6.58 Å². The van der Waals surface area contributed by atoms with Gasteiger partial charge in [0.15, 0.2) is 0 Å². The van der Waals surface area contributed by atoms with Gasteiger partial charge >= 0.3 is 0 Å². The Morgan fingerprint density at radius 2 is 2.45 bits per heavy atom. The Bertz CT molecular complexity index is 160. The van der Waals surface area contributed by atoms with Crippen LogP contribution in [0, 0.1) is 17.2 Å². The van der Waals surface area contributed by atoms with E-state index in [0.29, 0.717) is 0 Å². The summed E-state index contributed by atoms with van der Waals surface area (Å²) in [7, 11) is 0.897. The van der Waals surface area contributed by atoms with E-state index in [2.05, 4.69) is 24.6 Å². The molecular weight excluding hydrogens is 155 g/mol. The first kappa shape index (κ1) is 10.5. The van der Waals surface area contributed by atoms with Gasteiger partial charge in [0.2, 0.25) is 0 Å². The van der Waals surface area contributed by atoms with Crippen LogP contribution in [0.1, 0.15) is 6.92 Å². The first-order chi connectivity index (χ1) is 5.20. The van der Waals surface area contributed by atoms with Gasteiger partial charge in [-0.2, -0.15) is 5.26 Å². The number of hydrogen-bond acceptors (Lipinski definition) is 2. The maximum atomic E-state index is 8.46. The highest BCUT2D eigenvalue weighted by Gasteiger charge is 1.98. The van der Waals surface area contributed by atoms with Crippen LogP contribution < -0.4 is 5.32 Å². The van der Waals surface area contributed by atoms with Gasteiger partial charge in [-0.05, 0) is 13.6 Å². The molecule has 0 aromatic rings. The normalized spacial score (nSPS) is 12.8. The minimum Gasteiger partial charge on any atom is -0.387 e. The molecule has 0 fully saturated rings. The standard InChI is InChI=1S/C8H15N2P/c1-7(4-9)5-10-8(2)6-11-3/h7,10-11H,2,5-6H2,1,3H3. The van der Waals surface area contributed by atoms with Crippen LogP contribution in [0.2, 0.25) is 0 Å². The fraction of sp³-hybridized carbons (Fsp3) is 0.625. The summed E-state index contributed by atoms with van der Waals surface area (Å²) in [6.07, 6.45) is 1.03. The quantitative estimate of drug-likeness (QED) is 0.635. The Kier molecular flexibility index (Phi) is 5.88. The van der Waals surface area contributed by atoms with E-state index in [1.807, 2.05) is 6.92 Å². The van der Waals surface area contributed by atoms with E-state index in [1.54, 1.807) is 0 Å². The average Bonchev–Trinajstić information content (AvgIpc) is 2.01. The van der Waals surface area contributed by atoms with Gasteiger partial charge in [0.25, 0.3) is 0 Å². The van der Waals surface area contributed by atoms with Crippen molar-refractivity contribution in [3.05, 3.63) is 12.3 Å². The third kappa shape index (κ3) is 5.88. The zero-order valence-corrected chi connectivity index (χ0v) is 8.15. The van der Waals surface area contributed by atoms with Gasteiger partial charge in [0, 0.05) is 18.4 Å². The van der Waals surface area contributed by atoms with E-state index < -0.39 is 0 Å². The third-order valence-electron chi connectivity index (χ3n) is 1.27. The maximum absolute atomic E-state index is 8.46. The zero-order valence-electron chi connectivity index (χ0n) is 7.15. The number of hydrogen-bond donors (Lipinski definition) is 1. The molecule has 0 rings (SSSR count). The monoisotopic (exact) mass is 170 g/mol. The summed E-state index contributed by atoms with van der Waals surface area (Å²) in [6, 6.07) is 2.16. The van der Waals surface area contributed by atoms with Crippen LogP contribution in [0.4, 0.5) is 0 Å². The van der Waals surface area contributed by atoms with Crippen LogP contribution in [0.5, 0.6) is 0 Å². The van der Waals surface area contributed by atoms with Crippen LogP contribution in [0.25, 0.3) is 0 Å². The molecule has 0 aliphatic rings. The summed E-state index contributed by atoms with van der Waals surface area (Å²) in [5.41, 5.74) is 1.05. The Balaban J connectivity index is 3.39. The molecule has 0 heterocycles. The highest BCUT2D eigenvalue weighted by Crippen LogP contribution is 2.05. The van der Waals surface area contributed by atoms with Crippen LogP contribution in [0.3, 0.4) is 0 Å². The summed E-state index contributed by atoms with van der Waals surface area (Å²) in [4.78, 5) is 0. The van der Waals surface area contributed by atoms with E-state index in [0.717, 1.165) is 27.0 Å².